The first-order valence-corrected chi connectivity index (χ1v) is 8.61. The van der Waals surface area contributed by atoms with Gasteiger partial charge in [0.05, 0.1) is 18.2 Å². The Balaban J connectivity index is 1.45. The summed E-state index contributed by atoms with van der Waals surface area (Å²) in [6, 6.07) is 15.9. The molecule has 0 bridgehead atoms. The quantitative estimate of drug-likeness (QED) is 0.797. The summed E-state index contributed by atoms with van der Waals surface area (Å²) in [5.74, 6) is 0.519. The SMILES string of the molecule is O=C(Nc1ccn(Cc2ccccn2)n1)[C@@H]1CCCc2ccccc21. The van der Waals surface area contributed by atoms with Gasteiger partial charge in [0.15, 0.2) is 5.82 Å². The highest BCUT2D eigenvalue weighted by Gasteiger charge is 2.26. The molecule has 25 heavy (non-hydrogen) atoms. The summed E-state index contributed by atoms with van der Waals surface area (Å²) in [5.41, 5.74) is 3.37. The number of anilines is 1. The number of aromatic nitrogens is 3. The van der Waals surface area contributed by atoms with Crippen LogP contribution < -0.4 is 5.32 Å². The summed E-state index contributed by atoms with van der Waals surface area (Å²) >= 11 is 0. The second kappa shape index (κ2) is 6.89. The number of fused-ring (bicyclic) bond motifs is 1. The first-order chi connectivity index (χ1) is 12.3. The van der Waals surface area contributed by atoms with Gasteiger partial charge in [-0.3, -0.25) is 14.5 Å². The van der Waals surface area contributed by atoms with E-state index in [1.54, 1.807) is 10.9 Å². The predicted molar refractivity (Wildman–Crippen MR) is 96.3 cm³/mol. The molecule has 0 saturated carbocycles. The number of hydrogen-bond donors (Lipinski definition) is 1. The molecule has 0 spiro atoms. The van der Waals surface area contributed by atoms with E-state index in [9.17, 15) is 4.79 Å². The van der Waals surface area contributed by atoms with Crippen LogP contribution in [0.3, 0.4) is 0 Å². The average Bonchev–Trinajstić information content (AvgIpc) is 3.09. The lowest BCUT2D eigenvalue weighted by Crippen LogP contribution is -2.25. The van der Waals surface area contributed by atoms with Gasteiger partial charge in [-0.05, 0) is 42.5 Å². The Bertz CT molecular complexity index is 872. The largest absolute Gasteiger partial charge is 0.309 e. The van der Waals surface area contributed by atoms with Crippen molar-refractivity contribution in [2.45, 2.75) is 31.7 Å². The molecule has 1 amide bonds. The number of carbonyl (C=O) groups is 1. The Morgan fingerprint density at radius 2 is 2.04 bits per heavy atom. The predicted octanol–water partition coefficient (Wildman–Crippen LogP) is 3.39. The summed E-state index contributed by atoms with van der Waals surface area (Å²) < 4.78 is 1.78. The number of rotatable bonds is 4. The molecule has 0 aliphatic heterocycles. The highest BCUT2D eigenvalue weighted by molar-refractivity contribution is 5.95. The number of aryl methyl sites for hydroxylation is 1. The van der Waals surface area contributed by atoms with E-state index in [-0.39, 0.29) is 11.8 Å². The van der Waals surface area contributed by atoms with E-state index in [4.69, 9.17) is 0 Å². The van der Waals surface area contributed by atoms with Gasteiger partial charge in [-0.2, -0.15) is 5.10 Å². The second-order valence-electron chi connectivity index (χ2n) is 6.35. The molecule has 0 unspecified atom stereocenters. The zero-order valence-corrected chi connectivity index (χ0v) is 13.9. The molecule has 4 rings (SSSR count). The minimum Gasteiger partial charge on any atom is -0.309 e. The van der Waals surface area contributed by atoms with E-state index >= 15 is 0 Å². The molecule has 1 atom stereocenters. The van der Waals surface area contributed by atoms with Gasteiger partial charge in [-0.1, -0.05) is 30.3 Å². The molecule has 3 aromatic rings. The zero-order chi connectivity index (χ0) is 17.1. The Kier molecular flexibility index (Phi) is 4.29. The number of amides is 1. The number of nitrogens with one attached hydrogen (secondary N) is 1. The lowest BCUT2D eigenvalue weighted by atomic mass is 9.82. The third kappa shape index (κ3) is 3.45. The van der Waals surface area contributed by atoms with Gasteiger partial charge >= 0.3 is 0 Å². The van der Waals surface area contributed by atoms with E-state index in [1.165, 1.54) is 5.56 Å². The van der Waals surface area contributed by atoms with E-state index < -0.39 is 0 Å². The lowest BCUT2D eigenvalue weighted by Gasteiger charge is -2.24. The molecule has 126 valence electrons. The number of carbonyl (C=O) groups excluding carboxylic acids is 1. The molecular formula is C20H20N4O. The number of nitrogens with zero attached hydrogens (tertiary/aromatic N) is 3. The number of pyridine rings is 1. The van der Waals surface area contributed by atoms with Crippen molar-refractivity contribution in [3.8, 4) is 0 Å². The van der Waals surface area contributed by atoms with Crippen LogP contribution in [-0.2, 0) is 17.8 Å². The van der Waals surface area contributed by atoms with E-state index in [2.05, 4.69) is 27.5 Å². The summed E-state index contributed by atoms with van der Waals surface area (Å²) in [6.45, 7) is 0.586. The van der Waals surface area contributed by atoms with Crippen LogP contribution in [0.1, 0.15) is 35.6 Å². The van der Waals surface area contributed by atoms with Gasteiger partial charge in [0.25, 0.3) is 0 Å². The topological polar surface area (TPSA) is 59.8 Å². The number of benzene rings is 1. The Labute approximate surface area is 146 Å². The van der Waals surface area contributed by atoms with Crippen LogP contribution in [-0.4, -0.2) is 20.7 Å². The standard InChI is InChI=1S/C20H20N4O/c25-20(18-10-5-7-15-6-1-2-9-17(15)18)22-19-11-13-24(23-19)14-16-8-3-4-12-21-16/h1-4,6,8-9,11-13,18H,5,7,10,14H2,(H,22,23,25)/t18-/m1/s1. The maximum Gasteiger partial charge on any atom is 0.233 e. The van der Waals surface area contributed by atoms with Crippen LogP contribution in [0, 0.1) is 0 Å². The molecule has 0 saturated heterocycles. The molecule has 0 radical (unpaired) electrons. The van der Waals surface area contributed by atoms with E-state index in [1.807, 2.05) is 42.6 Å². The highest BCUT2D eigenvalue weighted by atomic mass is 16.2. The maximum atomic E-state index is 12.7. The second-order valence-corrected chi connectivity index (χ2v) is 6.35. The van der Waals surface area contributed by atoms with Crippen LogP contribution in [0.25, 0.3) is 0 Å². The van der Waals surface area contributed by atoms with Gasteiger partial charge in [0.2, 0.25) is 5.91 Å². The molecule has 5 nitrogen and oxygen atoms in total. The monoisotopic (exact) mass is 332 g/mol. The van der Waals surface area contributed by atoms with Crippen molar-refractivity contribution in [2.24, 2.45) is 0 Å². The fourth-order valence-electron chi connectivity index (χ4n) is 3.41. The maximum absolute atomic E-state index is 12.7. The minimum absolute atomic E-state index is 0.0234. The van der Waals surface area contributed by atoms with Crippen LogP contribution in [0.4, 0.5) is 5.82 Å². The molecule has 1 aliphatic rings. The van der Waals surface area contributed by atoms with Crippen molar-refractivity contribution < 1.29 is 4.79 Å². The fraction of sp³-hybridized carbons (Fsp3) is 0.250. The highest BCUT2D eigenvalue weighted by Crippen LogP contribution is 2.32. The van der Waals surface area contributed by atoms with Gasteiger partial charge in [0, 0.05) is 18.5 Å². The molecule has 1 aromatic carbocycles. The zero-order valence-electron chi connectivity index (χ0n) is 13.9. The normalized spacial score (nSPS) is 16.2. The number of hydrogen-bond acceptors (Lipinski definition) is 3. The minimum atomic E-state index is -0.0918. The van der Waals surface area contributed by atoms with Crippen LogP contribution in [0.2, 0.25) is 0 Å². The molecule has 1 N–H and O–H groups in total. The molecule has 0 fully saturated rings. The molecule has 2 heterocycles. The van der Waals surface area contributed by atoms with Crippen molar-refractivity contribution in [3.05, 3.63) is 77.7 Å². The molecule has 2 aromatic heterocycles. The summed E-state index contributed by atoms with van der Waals surface area (Å²) in [6.07, 6.45) is 6.61. The van der Waals surface area contributed by atoms with Crippen molar-refractivity contribution in [1.29, 1.82) is 0 Å². The van der Waals surface area contributed by atoms with Crippen molar-refractivity contribution in [3.63, 3.8) is 0 Å². The summed E-state index contributed by atoms with van der Waals surface area (Å²) in [7, 11) is 0. The summed E-state index contributed by atoms with van der Waals surface area (Å²) in [4.78, 5) is 17.0. The van der Waals surface area contributed by atoms with Crippen LogP contribution in [0.15, 0.2) is 60.9 Å². The molecular weight excluding hydrogens is 312 g/mol. The van der Waals surface area contributed by atoms with Crippen LogP contribution >= 0.6 is 0 Å². The van der Waals surface area contributed by atoms with Crippen molar-refractivity contribution in [1.82, 2.24) is 14.8 Å². The average molecular weight is 332 g/mol. The van der Waals surface area contributed by atoms with Crippen molar-refractivity contribution >= 4 is 11.7 Å². The van der Waals surface area contributed by atoms with Gasteiger partial charge in [-0.15, -0.1) is 0 Å². The third-order valence-corrected chi connectivity index (χ3v) is 4.63. The van der Waals surface area contributed by atoms with Gasteiger partial charge in [-0.25, -0.2) is 0 Å². The smallest absolute Gasteiger partial charge is 0.233 e. The van der Waals surface area contributed by atoms with E-state index in [0.29, 0.717) is 12.4 Å². The molecule has 5 heteroatoms. The summed E-state index contributed by atoms with van der Waals surface area (Å²) in [5, 5.41) is 7.41. The first kappa shape index (κ1) is 15.6. The lowest BCUT2D eigenvalue weighted by molar-refractivity contribution is -0.117. The Hall–Kier alpha value is -2.95. The Morgan fingerprint density at radius 1 is 1.16 bits per heavy atom. The van der Waals surface area contributed by atoms with E-state index in [0.717, 1.165) is 30.5 Å². The third-order valence-electron chi connectivity index (χ3n) is 4.63. The molecule has 1 aliphatic carbocycles. The fourth-order valence-corrected chi connectivity index (χ4v) is 3.41. The first-order valence-electron chi connectivity index (χ1n) is 8.61. The van der Waals surface area contributed by atoms with Crippen LogP contribution in [0.5, 0.6) is 0 Å². The van der Waals surface area contributed by atoms with Gasteiger partial charge < -0.3 is 5.32 Å². The van der Waals surface area contributed by atoms with Crippen molar-refractivity contribution in [2.75, 3.05) is 5.32 Å². The van der Waals surface area contributed by atoms with Gasteiger partial charge in [0.1, 0.15) is 0 Å². The Morgan fingerprint density at radius 3 is 2.92 bits per heavy atom.